The van der Waals surface area contributed by atoms with Crippen molar-refractivity contribution < 1.29 is 0 Å². The van der Waals surface area contributed by atoms with Gasteiger partial charge in [0, 0.05) is 33.4 Å². The van der Waals surface area contributed by atoms with Crippen LogP contribution in [0, 0.1) is 0 Å². The van der Waals surface area contributed by atoms with E-state index in [1.54, 1.807) is 0 Å². The van der Waals surface area contributed by atoms with Crippen LogP contribution in [-0.4, -0.2) is 4.57 Å². The fourth-order valence-electron chi connectivity index (χ4n) is 9.87. The average molecular weight is 841 g/mol. The molecule has 12 aromatic rings. The Morgan fingerprint density at radius 3 is 1.61 bits per heavy atom. The molecule has 0 aliphatic heterocycles. The molecule has 2 nitrogen and oxygen atoms in total. The first-order valence-corrected chi connectivity index (χ1v) is 22.7. The lowest BCUT2D eigenvalue weighted by atomic mass is 9.87. The first kappa shape index (κ1) is 38.9. The van der Waals surface area contributed by atoms with Gasteiger partial charge >= 0.3 is 0 Å². The maximum Gasteiger partial charge on any atom is 0.0547 e. The molecule has 11 aromatic carbocycles. The number of hydrogen-bond acceptors (Lipinski definition) is 1. The molecule has 66 heavy (non-hydrogen) atoms. The van der Waals surface area contributed by atoms with E-state index in [0.29, 0.717) is 0 Å². The van der Waals surface area contributed by atoms with E-state index < -0.39 is 0 Å². The molecule has 0 saturated carbocycles. The summed E-state index contributed by atoms with van der Waals surface area (Å²) < 4.78 is 2.40. The number of nitrogens with zero attached hydrogens (tertiary/aromatic N) is 2. The van der Waals surface area contributed by atoms with Crippen molar-refractivity contribution in [2.45, 2.75) is 0 Å². The summed E-state index contributed by atoms with van der Waals surface area (Å²) in [5, 5.41) is 4.96. The van der Waals surface area contributed by atoms with Gasteiger partial charge in [-0.2, -0.15) is 0 Å². The number of benzene rings is 11. The van der Waals surface area contributed by atoms with E-state index in [-0.39, 0.29) is 0 Å². The average Bonchev–Trinajstić information content (AvgIpc) is 3.73. The van der Waals surface area contributed by atoms with Gasteiger partial charge in [0.2, 0.25) is 0 Å². The molecule has 0 bridgehead atoms. The molecule has 1 aromatic heterocycles. The summed E-state index contributed by atoms with van der Waals surface area (Å²) in [7, 11) is 0. The van der Waals surface area contributed by atoms with E-state index in [9.17, 15) is 0 Å². The molecule has 2 heteroatoms. The van der Waals surface area contributed by atoms with Gasteiger partial charge in [0.1, 0.15) is 0 Å². The summed E-state index contributed by atoms with van der Waals surface area (Å²) in [6.45, 7) is 0. The van der Waals surface area contributed by atoms with Crippen LogP contribution >= 0.6 is 0 Å². The van der Waals surface area contributed by atoms with Gasteiger partial charge in [0.15, 0.2) is 0 Å². The van der Waals surface area contributed by atoms with Crippen LogP contribution in [-0.2, 0) is 0 Å². The highest BCUT2D eigenvalue weighted by atomic mass is 15.1. The molecule has 0 amide bonds. The first-order chi connectivity index (χ1) is 32.7. The van der Waals surface area contributed by atoms with E-state index in [2.05, 4.69) is 276 Å². The van der Waals surface area contributed by atoms with Gasteiger partial charge in [-0.1, -0.05) is 206 Å². The molecule has 0 aliphatic carbocycles. The maximum atomic E-state index is 2.46. The Balaban J connectivity index is 1.07. The molecule has 1 heterocycles. The predicted octanol–water partition coefficient (Wildman–Crippen LogP) is 17.7. The zero-order valence-corrected chi connectivity index (χ0v) is 36.3. The highest BCUT2D eigenvalue weighted by molar-refractivity contribution is 6.10. The maximum absolute atomic E-state index is 2.46. The fourth-order valence-corrected chi connectivity index (χ4v) is 9.87. The van der Waals surface area contributed by atoms with E-state index in [1.165, 1.54) is 77.1 Å². The summed E-state index contributed by atoms with van der Waals surface area (Å²) in [5.74, 6) is 0. The van der Waals surface area contributed by atoms with Crippen molar-refractivity contribution in [1.82, 2.24) is 4.57 Å². The van der Waals surface area contributed by atoms with Gasteiger partial charge in [-0.25, -0.2) is 0 Å². The lowest BCUT2D eigenvalue weighted by Gasteiger charge is -2.30. The number of hydrogen-bond donors (Lipinski definition) is 0. The van der Waals surface area contributed by atoms with Gasteiger partial charge in [0.25, 0.3) is 0 Å². The van der Waals surface area contributed by atoms with Crippen molar-refractivity contribution in [2.24, 2.45) is 0 Å². The van der Waals surface area contributed by atoms with Crippen LogP contribution < -0.4 is 4.90 Å². The van der Waals surface area contributed by atoms with Crippen LogP contribution in [0.1, 0.15) is 0 Å². The van der Waals surface area contributed by atoms with Crippen LogP contribution in [0.4, 0.5) is 17.1 Å². The highest BCUT2D eigenvalue weighted by Crippen LogP contribution is 2.49. The lowest BCUT2D eigenvalue weighted by molar-refractivity contribution is 1.18. The Bertz CT molecular complexity index is 3680. The van der Waals surface area contributed by atoms with Gasteiger partial charge in [0.05, 0.1) is 16.7 Å². The molecule has 0 fully saturated rings. The standard InChI is InChI=1S/C64H44N2/c1-4-19-47(20-5-1)56-28-12-13-30-60(56)64-57(48-21-6-2-7-22-48)31-17-33-62(64)65(54-39-36-46(37-40-54)51-35-34-45-18-10-11-23-49(45)42-51)55-27-16-24-50(43-55)52-38-41-59-58-29-14-15-32-61(58)66(63(59)44-52)53-25-8-3-9-26-53/h1-44H. The molecule has 0 N–H and O–H groups in total. The molecule has 0 radical (unpaired) electrons. The van der Waals surface area contributed by atoms with Crippen LogP contribution in [0.25, 0.3) is 93.9 Å². The fraction of sp³-hybridized carbons (Fsp3) is 0. The molecular weight excluding hydrogens is 797 g/mol. The monoisotopic (exact) mass is 840 g/mol. The van der Waals surface area contributed by atoms with Crippen LogP contribution in [0.15, 0.2) is 267 Å². The quantitative estimate of drug-likeness (QED) is 0.141. The normalized spacial score (nSPS) is 11.3. The predicted molar refractivity (Wildman–Crippen MR) is 280 cm³/mol. The second-order valence-corrected chi connectivity index (χ2v) is 16.9. The SMILES string of the molecule is c1ccc(-c2ccccc2-c2c(-c3ccccc3)cccc2N(c2ccc(-c3ccc4ccccc4c3)cc2)c2cccc(-c3ccc4c5ccccc5n(-c5ccccc5)c4c3)c2)cc1. The third-order valence-electron chi connectivity index (χ3n) is 13.0. The van der Waals surface area contributed by atoms with Crippen LogP contribution in [0.5, 0.6) is 0 Å². The summed E-state index contributed by atoms with van der Waals surface area (Å²) in [4.78, 5) is 2.46. The molecule has 12 rings (SSSR count). The van der Waals surface area contributed by atoms with Gasteiger partial charge in [-0.15, -0.1) is 0 Å². The first-order valence-electron chi connectivity index (χ1n) is 22.7. The molecule has 0 unspecified atom stereocenters. The number of para-hydroxylation sites is 2. The van der Waals surface area contributed by atoms with Crippen molar-refractivity contribution in [1.29, 1.82) is 0 Å². The molecule has 0 aliphatic rings. The van der Waals surface area contributed by atoms with E-state index >= 15 is 0 Å². The lowest BCUT2D eigenvalue weighted by Crippen LogP contribution is -2.12. The number of rotatable bonds is 9. The molecule has 0 spiro atoms. The minimum atomic E-state index is 1.07. The summed E-state index contributed by atoms with van der Waals surface area (Å²) in [5.41, 5.74) is 18.5. The summed E-state index contributed by atoms with van der Waals surface area (Å²) in [6.07, 6.45) is 0. The minimum absolute atomic E-state index is 1.07. The Morgan fingerprint density at radius 1 is 0.273 bits per heavy atom. The Morgan fingerprint density at radius 2 is 0.818 bits per heavy atom. The third kappa shape index (κ3) is 7.02. The van der Waals surface area contributed by atoms with Crippen molar-refractivity contribution in [3.63, 3.8) is 0 Å². The molecule has 310 valence electrons. The summed E-state index contributed by atoms with van der Waals surface area (Å²) >= 11 is 0. The zero-order chi connectivity index (χ0) is 43.8. The zero-order valence-electron chi connectivity index (χ0n) is 36.3. The topological polar surface area (TPSA) is 8.17 Å². The van der Waals surface area contributed by atoms with Gasteiger partial charge in [-0.3, -0.25) is 0 Å². The molecule has 0 atom stereocenters. The smallest absolute Gasteiger partial charge is 0.0547 e. The van der Waals surface area contributed by atoms with Crippen molar-refractivity contribution >= 4 is 49.6 Å². The van der Waals surface area contributed by atoms with E-state index in [4.69, 9.17) is 0 Å². The highest BCUT2D eigenvalue weighted by Gasteiger charge is 2.23. The third-order valence-corrected chi connectivity index (χ3v) is 13.0. The molecular formula is C64H44N2. The van der Waals surface area contributed by atoms with Crippen LogP contribution in [0.2, 0.25) is 0 Å². The van der Waals surface area contributed by atoms with Gasteiger partial charge in [-0.05, 0) is 122 Å². The minimum Gasteiger partial charge on any atom is -0.310 e. The van der Waals surface area contributed by atoms with Gasteiger partial charge < -0.3 is 9.47 Å². The van der Waals surface area contributed by atoms with Crippen LogP contribution in [0.3, 0.4) is 0 Å². The number of fused-ring (bicyclic) bond motifs is 4. The Hall–Kier alpha value is -8.72. The van der Waals surface area contributed by atoms with E-state index in [1.807, 2.05) is 0 Å². The Kier molecular flexibility index (Phi) is 9.89. The number of aromatic nitrogens is 1. The second-order valence-electron chi connectivity index (χ2n) is 16.9. The molecule has 0 saturated heterocycles. The summed E-state index contributed by atoms with van der Waals surface area (Å²) in [6, 6.07) is 97.1. The van der Waals surface area contributed by atoms with Crippen molar-refractivity contribution in [2.75, 3.05) is 4.90 Å². The van der Waals surface area contributed by atoms with E-state index in [0.717, 1.165) is 33.9 Å². The van der Waals surface area contributed by atoms with Crippen molar-refractivity contribution in [3.05, 3.63) is 267 Å². The second kappa shape index (κ2) is 16.8. The van der Waals surface area contributed by atoms with Crippen molar-refractivity contribution in [3.8, 4) is 61.3 Å². The number of anilines is 3. The Labute approximate surface area is 385 Å². The largest absolute Gasteiger partial charge is 0.310 e.